The Hall–Kier alpha value is -2.82. The van der Waals surface area contributed by atoms with Crippen LogP contribution in [0.25, 0.3) is 0 Å². The molecule has 0 spiro atoms. The summed E-state index contributed by atoms with van der Waals surface area (Å²) in [5.74, 6) is -0.127. The molecular formula is C26H33N3O2. The van der Waals surface area contributed by atoms with E-state index in [1.807, 2.05) is 4.90 Å². The number of carbonyl (C=O) groups excluding carboxylic acids is 2. The van der Waals surface area contributed by atoms with Crippen LogP contribution in [-0.4, -0.2) is 42.4 Å². The number of likely N-dealkylation sites (tertiary alicyclic amines) is 1. The Balaban J connectivity index is 1.26. The van der Waals surface area contributed by atoms with Crippen LogP contribution in [0.3, 0.4) is 0 Å². The lowest BCUT2D eigenvalue weighted by atomic mass is 10.0. The molecule has 5 nitrogen and oxygen atoms in total. The van der Waals surface area contributed by atoms with Gasteiger partial charge in [-0.1, -0.05) is 43.3 Å². The van der Waals surface area contributed by atoms with E-state index in [0.717, 1.165) is 37.9 Å². The van der Waals surface area contributed by atoms with E-state index in [1.54, 1.807) is 0 Å². The van der Waals surface area contributed by atoms with Crippen molar-refractivity contribution in [3.05, 3.63) is 65.2 Å². The SMILES string of the molecule is CCc1ccc(CN2C[C@@H](C(=O)NC3CCN(c4cccc(C)c4)CC3)CC2=O)cc1. The van der Waals surface area contributed by atoms with E-state index < -0.39 is 0 Å². The van der Waals surface area contributed by atoms with Gasteiger partial charge in [-0.2, -0.15) is 0 Å². The number of piperidine rings is 1. The van der Waals surface area contributed by atoms with Crippen LogP contribution in [0, 0.1) is 12.8 Å². The molecule has 2 fully saturated rings. The van der Waals surface area contributed by atoms with Crippen molar-refractivity contribution in [1.29, 1.82) is 0 Å². The number of nitrogens with one attached hydrogen (secondary N) is 1. The summed E-state index contributed by atoms with van der Waals surface area (Å²) < 4.78 is 0. The number of hydrogen-bond donors (Lipinski definition) is 1. The summed E-state index contributed by atoms with van der Waals surface area (Å²) in [4.78, 5) is 29.5. The Morgan fingerprint density at radius 1 is 1.06 bits per heavy atom. The third-order valence-electron chi connectivity index (χ3n) is 6.60. The van der Waals surface area contributed by atoms with Crippen molar-refractivity contribution in [2.24, 2.45) is 5.92 Å². The second-order valence-electron chi connectivity index (χ2n) is 8.95. The van der Waals surface area contributed by atoms with E-state index >= 15 is 0 Å². The number of amides is 2. The van der Waals surface area contributed by atoms with Crippen molar-refractivity contribution in [2.75, 3.05) is 24.5 Å². The topological polar surface area (TPSA) is 52.7 Å². The molecule has 0 radical (unpaired) electrons. The van der Waals surface area contributed by atoms with Gasteiger partial charge in [-0.25, -0.2) is 0 Å². The highest BCUT2D eigenvalue weighted by atomic mass is 16.2. The summed E-state index contributed by atoms with van der Waals surface area (Å²) in [7, 11) is 0. The fraction of sp³-hybridized carbons (Fsp3) is 0.462. The highest BCUT2D eigenvalue weighted by molar-refractivity contribution is 5.89. The molecule has 0 aromatic heterocycles. The zero-order valence-corrected chi connectivity index (χ0v) is 18.6. The van der Waals surface area contributed by atoms with Crippen LogP contribution in [0.5, 0.6) is 0 Å². The molecule has 2 amide bonds. The Kier molecular flexibility index (Phi) is 6.59. The van der Waals surface area contributed by atoms with E-state index in [0.29, 0.717) is 19.5 Å². The molecule has 0 aliphatic carbocycles. The molecule has 0 bridgehead atoms. The van der Waals surface area contributed by atoms with Gasteiger partial charge < -0.3 is 15.1 Å². The van der Waals surface area contributed by atoms with Gasteiger partial charge in [-0.05, 0) is 55.0 Å². The molecule has 2 heterocycles. The van der Waals surface area contributed by atoms with E-state index in [2.05, 4.69) is 72.6 Å². The molecule has 0 unspecified atom stereocenters. The molecule has 5 heteroatoms. The lowest BCUT2D eigenvalue weighted by molar-refractivity contribution is -0.129. The number of hydrogen-bond acceptors (Lipinski definition) is 3. The Morgan fingerprint density at radius 2 is 1.77 bits per heavy atom. The maximum atomic E-state index is 12.8. The van der Waals surface area contributed by atoms with Crippen molar-refractivity contribution < 1.29 is 9.59 Å². The third-order valence-corrected chi connectivity index (χ3v) is 6.60. The van der Waals surface area contributed by atoms with Gasteiger partial charge in [0.15, 0.2) is 0 Å². The van der Waals surface area contributed by atoms with Crippen molar-refractivity contribution in [2.45, 2.75) is 52.1 Å². The van der Waals surface area contributed by atoms with Crippen LogP contribution in [0.2, 0.25) is 0 Å². The lowest BCUT2D eigenvalue weighted by Gasteiger charge is -2.34. The zero-order chi connectivity index (χ0) is 21.8. The molecule has 1 atom stereocenters. The van der Waals surface area contributed by atoms with E-state index in [-0.39, 0.29) is 23.8 Å². The van der Waals surface area contributed by atoms with E-state index in [4.69, 9.17) is 0 Å². The zero-order valence-electron chi connectivity index (χ0n) is 18.6. The fourth-order valence-corrected chi connectivity index (χ4v) is 4.63. The minimum absolute atomic E-state index is 0.0335. The summed E-state index contributed by atoms with van der Waals surface area (Å²) in [5, 5.41) is 3.22. The second-order valence-corrected chi connectivity index (χ2v) is 8.95. The van der Waals surface area contributed by atoms with Gasteiger partial charge in [0.25, 0.3) is 0 Å². The minimum Gasteiger partial charge on any atom is -0.371 e. The number of rotatable bonds is 6. The largest absolute Gasteiger partial charge is 0.371 e. The van der Waals surface area contributed by atoms with Crippen molar-refractivity contribution in [1.82, 2.24) is 10.2 Å². The molecule has 2 aliphatic rings. The lowest BCUT2D eigenvalue weighted by Crippen LogP contribution is -2.46. The Labute approximate surface area is 185 Å². The molecule has 31 heavy (non-hydrogen) atoms. The molecule has 164 valence electrons. The fourth-order valence-electron chi connectivity index (χ4n) is 4.63. The minimum atomic E-state index is -0.239. The predicted molar refractivity (Wildman–Crippen MR) is 124 cm³/mol. The van der Waals surface area contributed by atoms with Crippen LogP contribution >= 0.6 is 0 Å². The van der Waals surface area contributed by atoms with Crippen LogP contribution in [0.4, 0.5) is 5.69 Å². The second kappa shape index (κ2) is 9.54. The van der Waals surface area contributed by atoms with Crippen LogP contribution < -0.4 is 10.2 Å². The first kappa shape index (κ1) is 21.4. The quantitative estimate of drug-likeness (QED) is 0.777. The summed E-state index contributed by atoms with van der Waals surface area (Å²) in [5.41, 5.74) is 4.94. The van der Waals surface area contributed by atoms with Crippen LogP contribution in [-0.2, 0) is 22.6 Å². The number of nitrogens with zero attached hydrogens (tertiary/aromatic N) is 2. The highest BCUT2D eigenvalue weighted by Gasteiger charge is 2.35. The van der Waals surface area contributed by atoms with Crippen molar-refractivity contribution in [3.8, 4) is 0 Å². The first-order valence-corrected chi connectivity index (χ1v) is 11.5. The number of carbonyl (C=O) groups is 2. The van der Waals surface area contributed by atoms with Crippen molar-refractivity contribution in [3.63, 3.8) is 0 Å². The molecule has 2 saturated heterocycles. The highest BCUT2D eigenvalue weighted by Crippen LogP contribution is 2.23. The first-order chi connectivity index (χ1) is 15.0. The molecule has 2 aromatic carbocycles. The van der Waals surface area contributed by atoms with Gasteiger partial charge in [0.1, 0.15) is 0 Å². The number of aryl methyl sites for hydroxylation is 2. The van der Waals surface area contributed by atoms with Gasteiger partial charge in [0.2, 0.25) is 11.8 Å². The summed E-state index contributed by atoms with van der Waals surface area (Å²) in [6, 6.07) is 17.2. The molecule has 0 saturated carbocycles. The van der Waals surface area contributed by atoms with Crippen LogP contribution in [0.1, 0.15) is 42.9 Å². The monoisotopic (exact) mass is 419 g/mol. The third kappa shape index (κ3) is 5.27. The maximum Gasteiger partial charge on any atom is 0.225 e. The summed E-state index contributed by atoms with van der Waals surface area (Å²) >= 11 is 0. The summed E-state index contributed by atoms with van der Waals surface area (Å²) in [6.07, 6.45) is 3.21. The van der Waals surface area contributed by atoms with Crippen LogP contribution in [0.15, 0.2) is 48.5 Å². The smallest absolute Gasteiger partial charge is 0.225 e. The maximum absolute atomic E-state index is 12.8. The Morgan fingerprint density at radius 3 is 2.45 bits per heavy atom. The van der Waals surface area contributed by atoms with Gasteiger partial charge >= 0.3 is 0 Å². The van der Waals surface area contributed by atoms with Gasteiger partial charge in [-0.3, -0.25) is 9.59 Å². The van der Waals surface area contributed by atoms with Gasteiger partial charge in [0.05, 0.1) is 5.92 Å². The molecule has 2 aliphatic heterocycles. The van der Waals surface area contributed by atoms with Gasteiger partial charge in [-0.15, -0.1) is 0 Å². The average Bonchev–Trinajstić information content (AvgIpc) is 3.15. The number of anilines is 1. The molecule has 1 N–H and O–H groups in total. The number of benzene rings is 2. The Bertz CT molecular complexity index is 917. The van der Waals surface area contributed by atoms with E-state index in [1.165, 1.54) is 16.8 Å². The molecule has 2 aromatic rings. The van der Waals surface area contributed by atoms with Gasteiger partial charge in [0, 0.05) is 44.3 Å². The normalized spacial score (nSPS) is 19.7. The van der Waals surface area contributed by atoms with E-state index in [9.17, 15) is 9.59 Å². The average molecular weight is 420 g/mol. The molecule has 4 rings (SSSR count). The van der Waals surface area contributed by atoms with Crippen molar-refractivity contribution >= 4 is 17.5 Å². The standard InChI is InChI=1S/C26H33N3O2/c1-3-20-7-9-21(10-8-20)17-29-18-22(16-25(29)30)26(31)27-23-11-13-28(14-12-23)24-6-4-5-19(2)15-24/h4-10,15,22-23H,3,11-14,16-18H2,1-2H3,(H,27,31)/t22-/m0/s1. The molecular weight excluding hydrogens is 386 g/mol. The first-order valence-electron chi connectivity index (χ1n) is 11.5. The predicted octanol–water partition coefficient (Wildman–Crippen LogP) is 3.69. The summed E-state index contributed by atoms with van der Waals surface area (Å²) in [6.45, 7) is 7.23.